The van der Waals surface area contributed by atoms with Gasteiger partial charge in [-0.1, -0.05) is 47.5 Å². The molecule has 6 rings (SSSR count). The number of amides is 4. The van der Waals surface area contributed by atoms with Crippen LogP contribution in [0.2, 0.25) is 10.0 Å². The predicted octanol–water partition coefficient (Wildman–Crippen LogP) is 4.83. The molecule has 0 saturated carbocycles. The van der Waals surface area contributed by atoms with E-state index >= 15 is 0 Å². The molecule has 1 unspecified atom stereocenters. The van der Waals surface area contributed by atoms with Crippen molar-refractivity contribution in [2.45, 2.75) is 56.7 Å². The summed E-state index contributed by atoms with van der Waals surface area (Å²) in [4.78, 5) is 50.7. The molecule has 1 N–H and O–H groups in total. The summed E-state index contributed by atoms with van der Waals surface area (Å²) in [7, 11) is 2.16. The van der Waals surface area contributed by atoms with Crippen LogP contribution in [-0.2, 0) is 22.4 Å². The van der Waals surface area contributed by atoms with E-state index < -0.39 is 12.2 Å². The minimum atomic E-state index is -0.979. The number of carbonyl (C=O) groups excluding carboxylic acids is 3. The van der Waals surface area contributed by atoms with E-state index in [0.29, 0.717) is 61.7 Å². The number of piperidine rings is 2. The number of para-hydroxylation sites is 1. The minimum absolute atomic E-state index is 0.0212. The predicted molar refractivity (Wildman–Crippen MR) is 180 cm³/mol. The zero-order chi connectivity index (χ0) is 32.2. The molecule has 0 spiro atoms. The van der Waals surface area contributed by atoms with Crippen molar-refractivity contribution in [3.8, 4) is 0 Å². The fourth-order valence-corrected chi connectivity index (χ4v) is 7.55. The standard InChI is InChI=1S/C34H44Cl2N6O4/c1-38-13-9-26(10-14-38)39-18-20-40(21-19-39)32(43)31(23-24-6-7-28(35)29(36)22-24)46-34(45)41-15-11-27(12-16-41)42-17-8-25-4-2-3-5-30(25)37-33(42)44/h2-7,22,26-27,31H,8-21,23H2,1H3,(H,37,44). The van der Waals surface area contributed by atoms with Gasteiger partial charge in [0, 0.05) is 70.0 Å². The van der Waals surface area contributed by atoms with Gasteiger partial charge in [-0.2, -0.15) is 0 Å². The van der Waals surface area contributed by atoms with Gasteiger partial charge in [0.15, 0.2) is 6.10 Å². The number of benzene rings is 2. The van der Waals surface area contributed by atoms with Gasteiger partial charge in [0.2, 0.25) is 0 Å². The molecular weight excluding hydrogens is 627 g/mol. The van der Waals surface area contributed by atoms with Crippen molar-refractivity contribution >= 4 is 46.9 Å². The van der Waals surface area contributed by atoms with Crippen LogP contribution >= 0.6 is 23.2 Å². The summed E-state index contributed by atoms with van der Waals surface area (Å²) in [5.74, 6) is -0.182. The summed E-state index contributed by atoms with van der Waals surface area (Å²) in [5, 5.41) is 3.87. The van der Waals surface area contributed by atoms with Crippen molar-refractivity contribution in [1.82, 2.24) is 24.5 Å². The molecule has 4 amide bonds. The number of nitrogens with one attached hydrogen (secondary N) is 1. The Bertz CT molecular complexity index is 1400. The number of hydrogen-bond donors (Lipinski definition) is 1. The summed E-state index contributed by atoms with van der Waals surface area (Å²) in [6, 6.07) is 13.6. The zero-order valence-electron chi connectivity index (χ0n) is 26.5. The second-order valence-electron chi connectivity index (χ2n) is 13.0. The van der Waals surface area contributed by atoms with Crippen molar-refractivity contribution in [2.24, 2.45) is 0 Å². The maximum Gasteiger partial charge on any atom is 0.410 e. The summed E-state index contributed by atoms with van der Waals surface area (Å²) in [6.45, 7) is 6.56. The Morgan fingerprint density at radius 3 is 2.26 bits per heavy atom. The average molecular weight is 672 g/mol. The van der Waals surface area contributed by atoms with E-state index in [0.717, 1.165) is 62.3 Å². The van der Waals surface area contributed by atoms with Gasteiger partial charge in [-0.15, -0.1) is 0 Å². The highest BCUT2D eigenvalue weighted by atomic mass is 35.5. The first-order valence-corrected chi connectivity index (χ1v) is 17.3. The number of urea groups is 1. The van der Waals surface area contributed by atoms with Crippen molar-refractivity contribution in [3.63, 3.8) is 0 Å². The Balaban J connectivity index is 1.07. The highest BCUT2D eigenvalue weighted by Gasteiger charge is 2.36. The highest BCUT2D eigenvalue weighted by molar-refractivity contribution is 6.42. The molecule has 248 valence electrons. The van der Waals surface area contributed by atoms with E-state index in [1.54, 1.807) is 17.0 Å². The fourth-order valence-electron chi connectivity index (χ4n) is 7.23. The molecule has 2 aromatic rings. The molecule has 4 aliphatic heterocycles. The van der Waals surface area contributed by atoms with Gasteiger partial charge in [0.1, 0.15) is 0 Å². The number of carbonyl (C=O) groups is 3. The number of hydrogen-bond acceptors (Lipinski definition) is 6. The normalized spacial score (nSPS) is 21.4. The molecule has 0 aromatic heterocycles. The van der Waals surface area contributed by atoms with Crippen LogP contribution in [0.4, 0.5) is 15.3 Å². The SMILES string of the molecule is CN1CCC(N2CCN(C(=O)C(Cc3ccc(Cl)c(Cl)c3)OC(=O)N3CCC(N4CCc5ccccc5NC4=O)CC3)CC2)CC1. The summed E-state index contributed by atoms with van der Waals surface area (Å²) >= 11 is 12.4. The van der Waals surface area contributed by atoms with Crippen LogP contribution in [0, 0.1) is 0 Å². The Labute approximate surface area is 281 Å². The minimum Gasteiger partial charge on any atom is -0.436 e. The van der Waals surface area contributed by atoms with E-state index in [4.69, 9.17) is 27.9 Å². The lowest BCUT2D eigenvalue weighted by Gasteiger charge is -2.42. The number of likely N-dealkylation sites (tertiary alicyclic amines) is 2. The Morgan fingerprint density at radius 1 is 0.848 bits per heavy atom. The molecule has 4 heterocycles. The van der Waals surface area contributed by atoms with Gasteiger partial charge in [-0.3, -0.25) is 9.69 Å². The van der Waals surface area contributed by atoms with Gasteiger partial charge in [-0.25, -0.2) is 9.59 Å². The second-order valence-corrected chi connectivity index (χ2v) is 13.8. The van der Waals surface area contributed by atoms with Crippen LogP contribution < -0.4 is 5.32 Å². The average Bonchev–Trinajstić information content (AvgIpc) is 3.24. The van der Waals surface area contributed by atoms with Crippen molar-refractivity contribution in [1.29, 1.82) is 0 Å². The van der Waals surface area contributed by atoms with Crippen molar-refractivity contribution < 1.29 is 19.1 Å². The van der Waals surface area contributed by atoms with Crippen LogP contribution in [-0.4, -0.2) is 127 Å². The van der Waals surface area contributed by atoms with E-state index in [2.05, 4.69) is 22.2 Å². The van der Waals surface area contributed by atoms with Gasteiger partial charge >= 0.3 is 12.1 Å². The largest absolute Gasteiger partial charge is 0.436 e. The number of anilines is 1. The monoisotopic (exact) mass is 670 g/mol. The fraction of sp³-hybridized carbons (Fsp3) is 0.559. The van der Waals surface area contributed by atoms with E-state index in [9.17, 15) is 14.4 Å². The molecule has 46 heavy (non-hydrogen) atoms. The molecule has 3 saturated heterocycles. The lowest BCUT2D eigenvalue weighted by molar-refractivity contribution is -0.143. The number of piperazine rings is 1. The zero-order valence-corrected chi connectivity index (χ0v) is 28.0. The molecule has 0 aliphatic carbocycles. The molecule has 2 aromatic carbocycles. The highest BCUT2D eigenvalue weighted by Crippen LogP contribution is 2.27. The Hall–Kier alpha value is -3.05. The van der Waals surface area contributed by atoms with Gasteiger partial charge in [-0.05, 0) is 81.6 Å². The molecule has 0 bridgehead atoms. The first-order valence-electron chi connectivity index (χ1n) is 16.5. The maximum atomic E-state index is 13.9. The van der Waals surface area contributed by atoms with E-state index in [-0.39, 0.29) is 24.4 Å². The number of halogens is 2. The van der Waals surface area contributed by atoms with Crippen LogP contribution in [0.1, 0.15) is 36.8 Å². The van der Waals surface area contributed by atoms with Gasteiger partial charge in [0.25, 0.3) is 5.91 Å². The third-order valence-electron chi connectivity index (χ3n) is 10.1. The van der Waals surface area contributed by atoms with Crippen molar-refractivity contribution in [3.05, 3.63) is 63.6 Å². The van der Waals surface area contributed by atoms with Crippen LogP contribution in [0.25, 0.3) is 0 Å². The molecular formula is C34H44Cl2N6O4. The third-order valence-corrected chi connectivity index (χ3v) is 10.8. The van der Waals surface area contributed by atoms with Crippen LogP contribution in [0.3, 0.4) is 0 Å². The lowest BCUT2D eigenvalue weighted by atomic mass is 10.0. The topological polar surface area (TPSA) is 88.7 Å². The Kier molecular flexibility index (Phi) is 10.6. The molecule has 12 heteroatoms. The molecule has 0 radical (unpaired) electrons. The van der Waals surface area contributed by atoms with Crippen LogP contribution in [0.15, 0.2) is 42.5 Å². The number of rotatable bonds is 6. The van der Waals surface area contributed by atoms with Crippen molar-refractivity contribution in [2.75, 3.05) is 71.3 Å². The smallest absolute Gasteiger partial charge is 0.410 e. The summed E-state index contributed by atoms with van der Waals surface area (Å²) < 4.78 is 6.01. The third kappa shape index (κ3) is 7.73. The lowest BCUT2D eigenvalue weighted by Crippen LogP contribution is -2.56. The Morgan fingerprint density at radius 2 is 1.54 bits per heavy atom. The van der Waals surface area contributed by atoms with Gasteiger partial charge in [0.05, 0.1) is 10.0 Å². The molecule has 10 nitrogen and oxygen atoms in total. The number of fused-ring (bicyclic) bond motifs is 1. The quantitative estimate of drug-likeness (QED) is 0.474. The number of ether oxygens (including phenoxy) is 1. The number of nitrogens with zero attached hydrogens (tertiary/aromatic N) is 5. The summed E-state index contributed by atoms with van der Waals surface area (Å²) in [5.41, 5.74) is 2.76. The van der Waals surface area contributed by atoms with E-state index in [1.807, 2.05) is 40.1 Å². The van der Waals surface area contributed by atoms with Crippen LogP contribution in [0.5, 0.6) is 0 Å². The maximum absolute atomic E-state index is 13.9. The summed E-state index contributed by atoms with van der Waals surface area (Å²) in [6.07, 6.45) is 3.08. The first-order chi connectivity index (χ1) is 22.2. The molecule has 3 fully saturated rings. The molecule has 4 aliphatic rings. The molecule has 1 atom stereocenters. The van der Waals surface area contributed by atoms with E-state index in [1.165, 1.54) is 0 Å². The van der Waals surface area contributed by atoms with Gasteiger partial charge < -0.3 is 29.7 Å². The first kappa shape index (κ1) is 32.9. The second kappa shape index (κ2) is 14.8.